The van der Waals surface area contributed by atoms with Crippen molar-refractivity contribution in [1.82, 2.24) is 10.2 Å². The molecular formula is C11H18F4N2O. The van der Waals surface area contributed by atoms with E-state index >= 15 is 0 Å². The Morgan fingerprint density at radius 1 is 1.44 bits per heavy atom. The SMILES string of the molecule is CCC1NC(C)(CC)C(=O)N1CC(F)(F)C(F)F. The molecule has 2 atom stereocenters. The van der Waals surface area contributed by atoms with Crippen LogP contribution in [0.4, 0.5) is 17.6 Å². The molecule has 0 radical (unpaired) electrons. The number of carbonyl (C=O) groups excluding carboxylic acids is 1. The standard InChI is InChI=1S/C11H18F4N2O/c1-4-7-16-10(3,5-2)9(18)17(7)6-11(14,15)8(12)13/h7-8,16H,4-6H2,1-3H3. The van der Waals surface area contributed by atoms with Gasteiger partial charge in [0.15, 0.2) is 0 Å². The highest BCUT2D eigenvalue weighted by molar-refractivity contribution is 5.88. The summed E-state index contributed by atoms with van der Waals surface area (Å²) in [6.45, 7) is 3.80. The first-order chi connectivity index (χ1) is 8.18. The highest BCUT2D eigenvalue weighted by Crippen LogP contribution is 2.30. The van der Waals surface area contributed by atoms with Crippen molar-refractivity contribution >= 4 is 5.91 Å². The third kappa shape index (κ3) is 2.60. The number of amides is 1. The van der Waals surface area contributed by atoms with Gasteiger partial charge >= 0.3 is 12.3 Å². The topological polar surface area (TPSA) is 32.3 Å². The van der Waals surface area contributed by atoms with Crippen LogP contribution in [0.25, 0.3) is 0 Å². The zero-order valence-electron chi connectivity index (χ0n) is 10.6. The van der Waals surface area contributed by atoms with E-state index in [2.05, 4.69) is 5.32 Å². The summed E-state index contributed by atoms with van der Waals surface area (Å²) >= 11 is 0. The van der Waals surface area contributed by atoms with Crippen LogP contribution in [-0.2, 0) is 4.79 Å². The number of alkyl halides is 4. The van der Waals surface area contributed by atoms with E-state index in [1.165, 1.54) is 0 Å². The number of hydrogen-bond donors (Lipinski definition) is 1. The summed E-state index contributed by atoms with van der Waals surface area (Å²) in [6.07, 6.45) is -3.58. The number of hydrogen-bond acceptors (Lipinski definition) is 2. The lowest BCUT2D eigenvalue weighted by Crippen LogP contribution is -2.47. The molecule has 1 aliphatic rings. The Kier molecular flexibility index (Phi) is 4.25. The molecular weight excluding hydrogens is 252 g/mol. The Morgan fingerprint density at radius 2 is 2.00 bits per heavy atom. The molecule has 1 heterocycles. The van der Waals surface area contributed by atoms with E-state index in [4.69, 9.17) is 0 Å². The minimum atomic E-state index is -4.18. The summed E-state index contributed by atoms with van der Waals surface area (Å²) in [5.41, 5.74) is -0.946. The maximum Gasteiger partial charge on any atom is 0.324 e. The van der Waals surface area contributed by atoms with E-state index in [0.29, 0.717) is 12.8 Å². The van der Waals surface area contributed by atoms with Gasteiger partial charge in [-0.2, -0.15) is 8.78 Å². The molecule has 0 bridgehead atoms. The number of nitrogens with zero attached hydrogens (tertiary/aromatic N) is 1. The van der Waals surface area contributed by atoms with Crippen LogP contribution in [0, 0.1) is 0 Å². The molecule has 1 rings (SSSR count). The van der Waals surface area contributed by atoms with Crippen LogP contribution in [0.3, 0.4) is 0 Å². The minimum Gasteiger partial charge on any atom is -0.319 e. The zero-order valence-corrected chi connectivity index (χ0v) is 10.6. The maximum atomic E-state index is 13.1. The molecule has 1 aliphatic heterocycles. The van der Waals surface area contributed by atoms with Crippen LogP contribution >= 0.6 is 0 Å². The van der Waals surface area contributed by atoms with Crippen molar-refractivity contribution in [3.8, 4) is 0 Å². The van der Waals surface area contributed by atoms with Gasteiger partial charge in [0.05, 0.1) is 18.2 Å². The third-order valence-corrected chi connectivity index (χ3v) is 3.39. The Bertz CT molecular complexity index is 324. The van der Waals surface area contributed by atoms with Gasteiger partial charge in [-0.1, -0.05) is 13.8 Å². The quantitative estimate of drug-likeness (QED) is 0.777. The fraction of sp³-hybridized carbons (Fsp3) is 0.909. The average molecular weight is 270 g/mol. The second kappa shape index (κ2) is 5.03. The number of rotatable bonds is 5. The van der Waals surface area contributed by atoms with E-state index in [1.807, 2.05) is 0 Å². The largest absolute Gasteiger partial charge is 0.324 e. The molecule has 0 aromatic rings. The molecule has 3 nitrogen and oxygen atoms in total. The Hall–Kier alpha value is -0.850. The van der Waals surface area contributed by atoms with E-state index in [-0.39, 0.29) is 0 Å². The van der Waals surface area contributed by atoms with Crippen molar-refractivity contribution < 1.29 is 22.4 Å². The Morgan fingerprint density at radius 3 is 2.39 bits per heavy atom. The van der Waals surface area contributed by atoms with Gasteiger partial charge in [0.1, 0.15) is 0 Å². The highest BCUT2D eigenvalue weighted by atomic mass is 19.3. The third-order valence-electron chi connectivity index (χ3n) is 3.39. The molecule has 0 spiro atoms. The smallest absolute Gasteiger partial charge is 0.319 e. The van der Waals surface area contributed by atoms with Crippen LogP contribution in [-0.4, -0.2) is 41.4 Å². The van der Waals surface area contributed by atoms with E-state index in [0.717, 1.165) is 4.90 Å². The summed E-state index contributed by atoms with van der Waals surface area (Å²) in [7, 11) is 0. The second-order valence-corrected chi connectivity index (χ2v) is 4.75. The predicted octanol–water partition coefficient (Wildman–Crippen LogP) is 2.22. The molecule has 0 aliphatic carbocycles. The first-order valence-corrected chi connectivity index (χ1v) is 5.92. The molecule has 1 saturated heterocycles. The van der Waals surface area contributed by atoms with Crippen LogP contribution in [0.15, 0.2) is 0 Å². The first-order valence-electron chi connectivity index (χ1n) is 5.92. The number of nitrogens with one attached hydrogen (secondary N) is 1. The lowest BCUT2D eigenvalue weighted by molar-refractivity contribution is -0.158. The normalized spacial score (nSPS) is 29.4. The van der Waals surface area contributed by atoms with E-state index in [1.54, 1.807) is 20.8 Å². The predicted molar refractivity (Wildman–Crippen MR) is 58.6 cm³/mol. The fourth-order valence-corrected chi connectivity index (χ4v) is 2.02. The maximum absolute atomic E-state index is 13.1. The zero-order chi connectivity index (χ0) is 14.1. The summed E-state index contributed by atoms with van der Waals surface area (Å²) in [5.74, 6) is -4.72. The van der Waals surface area contributed by atoms with Crippen molar-refractivity contribution in [2.45, 2.75) is 57.7 Å². The van der Waals surface area contributed by atoms with Gasteiger partial charge in [-0.05, 0) is 19.8 Å². The minimum absolute atomic E-state index is 0.390. The molecule has 0 aromatic heterocycles. The van der Waals surface area contributed by atoms with E-state index in [9.17, 15) is 22.4 Å². The summed E-state index contributed by atoms with van der Waals surface area (Å²) in [5, 5.41) is 2.93. The first kappa shape index (κ1) is 15.2. The van der Waals surface area contributed by atoms with Crippen LogP contribution in [0.2, 0.25) is 0 Å². The van der Waals surface area contributed by atoms with Crippen molar-refractivity contribution in [1.29, 1.82) is 0 Å². The Labute approximate surface area is 104 Å². The highest BCUT2D eigenvalue weighted by Gasteiger charge is 2.51. The van der Waals surface area contributed by atoms with Crippen molar-refractivity contribution in [2.24, 2.45) is 0 Å². The Balaban J connectivity index is 2.90. The second-order valence-electron chi connectivity index (χ2n) is 4.75. The molecule has 1 N–H and O–H groups in total. The number of carbonyl (C=O) groups is 1. The van der Waals surface area contributed by atoms with Gasteiger partial charge in [-0.3, -0.25) is 10.1 Å². The fourth-order valence-electron chi connectivity index (χ4n) is 2.02. The van der Waals surface area contributed by atoms with Gasteiger partial charge in [0.2, 0.25) is 5.91 Å². The monoisotopic (exact) mass is 270 g/mol. The lowest BCUT2D eigenvalue weighted by Gasteiger charge is -2.27. The van der Waals surface area contributed by atoms with Gasteiger partial charge < -0.3 is 4.90 Å². The van der Waals surface area contributed by atoms with Crippen molar-refractivity contribution in [3.05, 3.63) is 0 Å². The molecule has 0 saturated carbocycles. The molecule has 106 valence electrons. The van der Waals surface area contributed by atoms with Crippen LogP contribution in [0.5, 0.6) is 0 Å². The molecule has 7 heteroatoms. The number of halogens is 4. The van der Waals surface area contributed by atoms with Gasteiger partial charge in [0.25, 0.3) is 0 Å². The molecule has 0 aromatic carbocycles. The molecule has 18 heavy (non-hydrogen) atoms. The lowest BCUT2D eigenvalue weighted by atomic mass is 9.99. The summed E-state index contributed by atoms with van der Waals surface area (Å²) in [6, 6.07) is 0. The van der Waals surface area contributed by atoms with E-state index < -0.39 is 36.5 Å². The van der Waals surface area contributed by atoms with Crippen molar-refractivity contribution in [2.75, 3.05) is 6.54 Å². The molecule has 2 unspecified atom stereocenters. The van der Waals surface area contributed by atoms with Crippen molar-refractivity contribution in [3.63, 3.8) is 0 Å². The van der Waals surface area contributed by atoms with Gasteiger partial charge in [0, 0.05) is 0 Å². The molecule has 1 amide bonds. The van der Waals surface area contributed by atoms with Gasteiger partial charge in [-0.15, -0.1) is 0 Å². The van der Waals surface area contributed by atoms with Crippen LogP contribution in [0.1, 0.15) is 33.6 Å². The van der Waals surface area contributed by atoms with Crippen LogP contribution < -0.4 is 5.32 Å². The average Bonchev–Trinajstić information content (AvgIpc) is 2.54. The van der Waals surface area contributed by atoms with Gasteiger partial charge in [-0.25, -0.2) is 8.78 Å². The summed E-state index contributed by atoms with van der Waals surface area (Å²) < 4.78 is 50.5. The summed E-state index contributed by atoms with van der Waals surface area (Å²) in [4.78, 5) is 12.8. The molecule has 1 fully saturated rings.